The molecule has 0 atom stereocenters. The van der Waals surface area contributed by atoms with Gasteiger partial charge in [0.25, 0.3) is 11.8 Å². The molecule has 0 fully saturated rings. The number of hydrogen-bond acceptors (Lipinski definition) is 3. The number of amides is 2. The Hall–Kier alpha value is -3.87. The maximum Gasteiger partial charge on any atom is 0.416 e. The molecule has 0 spiro atoms. The average Bonchev–Trinajstić information content (AvgIpc) is 2.99. The van der Waals surface area contributed by atoms with Crippen LogP contribution >= 0.6 is 0 Å². The third kappa shape index (κ3) is 4.21. The number of carbonyl (C=O) groups is 2. The van der Waals surface area contributed by atoms with Crippen molar-refractivity contribution in [1.82, 2.24) is 4.90 Å². The molecular formula is C24H17F3N2O2. The summed E-state index contributed by atoms with van der Waals surface area (Å²) < 4.78 is 39.3. The van der Waals surface area contributed by atoms with E-state index in [1.54, 1.807) is 54.6 Å². The van der Waals surface area contributed by atoms with Crippen LogP contribution in [0.2, 0.25) is 0 Å². The molecular weight excluding hydrogens is 405 g/mol. The van der Waals surface area contributed by atoms with Crippen molar-refractivity contribution < 1.29 is 22.8 Å². The van der Waals surface area contributed by atoms with Crippen LogP contribution < -0.4 is 5.32 Å². The zero-order valence-corrected chi connectivity index (χ0v) is 16.2. The lowest BCUT2D eigenvalue weighted by Crippen LogP contribution is -2.32. The van der Waals surface area contributed by atoms with Gasteiger partial charge >= 0.3 is 6.18 Å². The van der Waals surface area contributed by atoms with Crippen molar-refractivity contribution in [3.63, 3.8) is 0 Å². The van der Waals surface area contributed by atoms with Crippen LogP contribution in [0.5, 0.6) is 0 Å². The van der Waals surface area contributed by atoms with Crippen LogP contribution in [-0.4, -0.2) is 16.7 Å². The summed E-state index contributed by atoms with van der Waals surface area (Å²) in [5.41, 5.74) is 0.562. The minimum absolute atomic E-state index is 0.0496. The topological polar surface area (TPSA) is 49.4 Å². The second-order valence-corrected chi connectivity index (χ2v) is 7.00. The first-order valence-corrected chi connectivity index (χ1v) is 9.48. The van der Waals surface area contributed by atoms with Gasteiger partial charge in [0, 0.05) is 5.69 Å². The van der Waals surface area contributed by atoms with Gasteiger partial charge in [-0.2, -0.15) is 13.2 Å². The molecule has 2 amide bonds. The summed E-state index contributed by atoms with van der Waals surface area (Å²) in [6.07, 6.45) is -4.52. The van der Waals surface area contributed by atoms with E-state index in [2.05, 4.69) is 5.32 Å². The molecule has 0 radical (unpaired) electrons. The number of benzene rings is 3. The highest BCUT2D eigenvalue weighted by molar-refractivity contribution is 6.36. The van der Waals surface area contributed by atoms with Gasteiger partial charge in [-0.05, 0) is 29.3 Å². The fourth-order valence-corrected chi connectivity index (χ4v) is 3.39. The summed E-state index contributed by atoms with van der Waals surface area (Å²) >= 11 is 0. The van der Waals surface area contributed by atoms with Crippen LogP contribution in [0.3, 0.4) is 0 Å². The molecule has 1 aliphatic rings. The molecule has 156 valence electrons. The summed E-state index contributed by atoms with van der Waals surface area (Å²) in [5, 5.41) is 2.77. The number of imide groups is 1. The lowest BCUT2D eigenvalue weighted by Gasteiger charge is -2.15. The minimum Gasteiger partial charge on any atom is -0.350 e. The number of alkyl halides is 3. The second-order valence-electron chi connectivity index (χ2n) is 7.00. The summed E-state index contributed by atoms with van der Waals surface area (Å²) in [6.45, 7) is 0.0581. The maximum absolute atomic E-state index is 13.2. The SMILES string of the molecule is O=C1C(Nc2cccc(C(F)(F)F)c2)=C(c2ccccc2)C(=O)N1Cc1ccccc1. The predicted octanol–water partition coefficient (Wildman–Crippen LogP) is 5.10. The smallest absolute Gasteiger partial charge is 0.350 e. The number of nitrogens with zero attached hydrogens (tertiary/aromatic N) is 1. The standard InChI is InChI=1S/C24H17F3N2O2/c25-24(26,27)18-12-7-13-19(14-18)28-21-20(17-10-5-2-6-11-17)22(30)29(23(21)31)15-16-8-3-1-4-9-16/h1-14,28H,15H2. The molecule has 7 heteroatoms. The van der Waals surface area contributed by atoms with Crippen LogP contribution in [-0.2, 0) is 22.3 Å². The number of anilines is 1. The summed E-state index contributed by atoms with van der Waals surface area (Å²) in [7, 11) is 0. The van der Waals surface area contributed by atoms with Gasteiger partial charge in [-0.1, -0.05) is 66.7 Å². The largest absolute Gasteiger partial charge is 0.416 e. The van der Waals surface area contributed by atoms with Crippen LogP contribution in [0, 0.1) is 0 Å². The average molecular weight is 422 g/mol. The van der Waals surface area contributed by atoms with E-state index in [9.17, 15) is 22.8 Å². The number of rotatable bonds is 5. The van der Waals surface area contributed by atoms with Gasteiger partial charge in [0.15, 0.2) is 0 Å². The molecule has 3 aromatic rings. The molecule has 0 saturated heterocycles. The van der Waals surface area contributed by atoms with E-state index >= 15 is 0 Å². The molecule has 31 heavy (non-hydrogen) atoms. The highest BCUT2D eigenvalue weighted by Gasteiger charge is 2.39. The van der Waals surface area contributed by atoms with Crippen molar-refractivity contribution in [1.29, 1.82) is 0 Å². The lowest BCUT2D eigenvalue weighted by molar-refractivity contribution is -0.138. The van der Waals surface area contributed by atoms with Crippen LogP contribution in [0.15, 0.2) is 90.6 Å². The quantitative estimate of drug-likeness (QED) is 0.582. The maximum atomic E-state index is 13.2. The normalized spacial score (nSPS) is 14.4. The third-order valence-electron chi connectivity index (χ3n) is 4.87. The number of carbonyl (C=O) groups excluding carboxylic acids is 2. The fraction of sp³-hybridized carbons (Fsp3) is 0.0833. The summed E-state index contributed by atoms with van der Waals surface area (Å²) in [6, 6.07) is 22.1. The van der Waals surface area contributed by atoms with Crippen molar-refractivity contribution in [2.24, 2.45) is 0 Å². The van der Waals surface area contributed by atoms with Gasteiger partial charge in [-0.3, -0.25) is 14.5 Å². The Labute approximate surface area is 176 Å². The second kappa shape index (κ2) is 8.10. The van der Waals surface area contributed by atoms with Crippen molar-refractivity contribution in [2.45, 2.75) is 12.7 Å². The van der Waals surface area contributed by atoms with E-state index < -0.39 is 23.6 Å². The molecule has 0 unspecified atom stereocenters. The van der Waals surface area contributed by atoms with Crippen molar-refractivity contribution in [2.75, 3.05) is 5.32 Å². The number of hydrogen-bond donors (Lipinski definition) is 1. The molecule has 4 rings (SSSR count). The Morgan fingerprint density at radius 1 is 0.774 bits per heavy atom. The zero-order valence-electron chi connectivity index (χ0n) is 16.2. The van der Waals surface area contributed by atoms with Crippen molar-refractivity contribution >= 4 is 23.1 Å². The summed E-state index contributed by atoms with van der Waals surface area (Å²) in [5.74, 6) is -1.10. The summed E-state index contributed by atoms with van der Waals surface area (Å²) in [4.78, 5) is 27.4. The van der Waals surface area contributed by atoms with Gasteiger partial charge < -0.3 is 5.32 Å². The molecule has 1 heterocycles. The Kier molecular flexibility index (Phi) is 5.33. The van der Waals surface area contributed by atoms with E-state index in [1.165, 1.54) is 12.1 Å². The molecule has 0 bridgehead atoms. The number of halogens is 3. The van der Waals surface area contributed by atoms with Crippen molar-refractivity contribution in [3.8, 4) is 0 Å². The molecule has 0 aliphatic carbocycles. The zero-order chi connectivity index (χ0) is 22.0. The Morgan fingerprint density at radius 2 is 1.42 bits per heavy atom. The first-order valence-electron chi connectivity index (χ1n) is 9.48. The third-order valence-corrected chi connectivity index (χ3v) is 4.87. The van der Waals surface area contributed by atoms with E-state index in [-0.39, 0.29) is 23.5 Å². The van der Waals surface area contributed by atoms with E-state index in [1.807, 2.05) is 6.07 Å². The Morgan fingerprint density at radius 3 is 2.06 bits per heavy atom. The predicted molar refractivity (Wildman–Crippen MR) is 110 cm³/mol. The monoisotopic (exact) mass is 422 g/mol. The van der Waals surface area contributed by atoms with Gasteiger partial charge in [-0.25, -0.2) is 0 Å². The van der Waals surface area contributed by atoms with Gasteiger partial charge in [0.1, 0.15) is 5.70 Å². The van der Waals surface area contributed by atoms with E-state index in [0.717, 1.165) is 22.6 Å². The van der Waals surface area contributed by atoms with Crippen LogP contribution in [0.1, 0.15) is 16.7 Å². The first-order chi connectivity index (χ1) is 14.8. The minimum atomic E-state index is -4.52. The Bertz CT molecular complexity index is 1160. The molecule has 3 aromatic carbocycles. The van der Waals surface area contributed by atoms with E-state index in [0.29, 0.717) is 5.56 Å². The highest BCUT2D eigenvalue weighted by atomic mass is 19.4. The van der Waals surface area contributed by atoms with Gasteiger partial charge in [0.05, 0.1) is 17.7 Å². The van der Waals surface area contributed by atoms with Crippen LogP contribution in [0.4, 0.5) is 18.9 Å². The van der Waals surface area contributed by atoms with Gasteiger partial charge in [0.2, 0.25) is 0 Å². The lowest BCUT2D eigenvalue weighted by atomic mass is 10.0. The van der Waals surface area contributed by atoms with Gasteiger partial charge in [-0.15, -0.1) is 0 Å². The van der Waals surface area contributed by atoms with Crippen LogP contribution in [0.25, 0.3) is 5.57 Å². The fourth-order valence-electron chi connectivity index (χ4n) is 3.39. The first kappa shape index (κ1) is 20.4. The molecule has 1 N–H and O–H groups in total. The Balaban J connectivity index is 1.73. The van der Waals surface area contributed by atoms with E-state index in [4.69, 9.17) is 0 Å². The van der Waals surface area contributed by atoms with Crippen molar-refractivity contribution in [3.05, 3.63) is 107 Å². The number of nitrogens with one attached hydrogen (secondary N) is 1. The molecule has 0 aromatic heterocycles. The molecule has 1 aliphatic heterocycles. The molecule has 4 nitrogen and oxygen atoms in total. The molecule has 0 saturated carbocycles. The highest BCUT2D eigenvalue weighted by Crippen LogP contribution is 2.34.